The van der Waals surface area contributed by atoms with Crippen molar-refractivity contribution in [3.8, 4) is 5.75 Å². The van der Waals surface area contributed by atoms with Crippen LogP contribution in [-0.2, 0) is 10.7 Å². The van der Waals surface area contributed by atoms with Gasteiger partial charge in [-0.1, -0.05) is 0 Å². The molecule has 0 radical (unpaired) electrons. The molecule has 0 amide bonds. The molecule has 0 aliphatic heterocycles. The number of alkyl halides is 2. The molecule has 0 bridgehead atoms. The van der Waals surface area contributed by atoms with Crippen LogP contribution in [-0.4, -0.2) is 18.2 Å². The molecule has 0 aliphatic rings. The monoisotopic (exact) mass is 202 g/mol. The number of methoxy groups -OCH3 is 1. The molecular weight excluding hydrogens is 194 g/mol. The van der Waals surface area contributed by atoms with Gasteiger partial charge in [-0.05, 0) is 24.3 Å². The van der Waals surface area contributed by atoms with Crippen LogP contribution in [0.1, 0.15) is 5.56 Å². The number of rotatable bonds is 3. The van der Waals surface area contributed by atoms with Crippen LogP contribution in [0.25, 0.3) is 0 Å². The van der Waals surface area contributed by atoms with Crippen LogP contribution in [0.2, 0.25) is 0 Å². The highest BCUT2D eigenvalue weighted by Gasteiger charge is 2.40. The average Bonchev–Trinajstić information content (AvgIpc) is 2.17. The van der Waals surface area contributed by atoms with E-state index in [2.05, 4.69) is 0 Å². The number of halogens is 2. The minimum atomic E-state index is -3.85. The van der Waals surface area contributed by atoms with Gasteiger partial charge < -0.3 is 9.84 Å². The lowest BCUT2D eigenvalue weighted by Crippen LogP contribution is -2.25. The maximum atomic E-state index is 12.9. The van der Waals surface area contributed by atoms with Crippen LogP contribution >= 0.6 is 0 Å². The highest BCUT2D eigenvalue weighted by molar-refractivity contribution is 5.77. The molecular formula is C9H8F2O3. The molecule has 0 saturated heterocycles. The van der Waals surface area contributed by atoms with Crippen molar-refractivity contribution in [1.82, 2.24) is 0 Å². The first-order valence-electron chi connectivity index (χ1n) is 3.74. The molecule has 0 fully saturated rings. The first-order chi connectivity index (χ1) is 6.48. The van der Waals surface area contributed by atoms with E-state index < -0.39 is 17.5 Å². The zero-order valence-corrected chi connectivity index (χ0v) is 7.33. The van der Waals surface area contributed by atoms with Gasteiger partial charge in [0, 0.05) is 5.56 Å². The molecule has 0 aromatic heterocycles. The van der Waals surface area contributed by atoms with Crippen molar-refractivity contribution in [2.45, 2.75) is 5.92 Å². The predicted molar refractivity (Wildman–Crippen MR) is 44.5 cm³/mol. The molecule has 3 nitrogen and oxygen atoms in total. The summed E-state index contributed by atoms with van der Waals surface area (Å²) in [6, 6.07) is 4.61. The lowest BCUT2D eigenvalue weighted by Gasteiger charge is -2.11. The summed E-state index contributed by atoms with van der Waals surface area (Å²) in [7, 11) is 1.39. The molecule has 5 heteroatoms. The summed E-state index contributed by atoms with van der Waals surface area (Å²) < 4.78 is 30.5. The SMILES string of the molecule is COc1ccc(C(F)(F)C(=O)O)cc1. The van der Waals surface area contributed by atoms with Gasteiger partial charge in [-0.3, -0.25) is 0 Å². The Bertz CT molecular complexity index is 332. The van der Waals surface area contributed by atoms with E-state index in [4.69, 9.17) is 9.84 Å². The van der Waals surface area contributed by atoms with Gasteiger partial charge in [-0.25, -0.2) is 4.79 Å². The largest absolute Gasteiger partial charge is 0.497 e. The summed E-state index contributed by atoms with van der Waals surface area (Å²) in [5.74, 6) is -5.62. The normalized spacial score (nSPS) is 11.1. The van der Waals surface area contributed by atoms with Crippen molar-refractivity contribution in [3.63, 3.8) is 0 Å². The Morgan fingerprint density at radius 3 is 2.21 bits per heavy atom. The first-order valence-corrected chi connectivity index (χ1v) is 3.74. The van der Waals surface area contributed by atoms with Gasteiger partial charge in [0.1, 0.15) is 5.75 Å². The van der Waals surface area contributed by atoms with Crippen LogP contribution in [0.3, 0.4) is 0 Å². The zero-order valence-electron chi connectivity index (χ0n) is 7.33. The molecule has 76 valence electrons. The van der Waals surface area contributed by atoms with Crippen molar-refractivity contribution in [3.05, 3.63) is 29.8 Å². The van der Waals surface area contributed by atoms with Gasteiger partial charge in [0.25, 0.3) is 0 Å². The number of ether oxygens (including phenoxy) is 1. The molecule has 1 aromatic carbocycles. The molecule has 1 aromatic rings. The smallest absolute Gasteiger partial charge is 0.379 e. The third kappa shape index (κ3) is 1.81. The standard InChI is InChI=1S/C9H8F2O3/c1-14-7-4-2-6(3-5-7)9(10,11)8(12)13/h2-5H,1H3,(H,12,13). The fraction of sp³-hybridized carbons (Fsp3) is 0.222. The Morgan fingerprint density at radius 1 is 1.36 bits per heavy atom. The van der Waals surface area contributed by atoms with Crippen molar-refractivity contribution in [2.24, 2.45) is 0 Å². The van der Waals surface area contributed by atoms with E-state index in [1.807, 2.05) is 0 Å². The Hall–Kier alpha value is -1.65. The Morgan fingerprint density at radius 2 is 1.86 bits per heavy atom. The maximum Gasteiger partial charge on any atom is 0.379 e. The molecule has 0 atom stereocenters. The lowest BCUT2D eigenvalue weighted by molar-refractivity contribution is -0.166. The van der Waals surface area contributed by atoms with Crippen LogP contribution in [0, 0.1) is 0 Å². The third-order valence-electron chi connectivity index (χ3n) is 1.72. The third-order valence-corrected chi connectivity index (χ3v) is 1.72. The highest BCUT2D eigenvalue weighted by atomic mass is 19.3. The Balaban J connectivity index is 3.02. The predicted octanol–water partition coefficient (Wildman–Crippen LogP) is 1.87. The number of benzene rings is 1. The van der Waals surface area contributed by atoms with E-state index >= 15 is 0 Å². The maximum absolute atomic E-state index is 12.9. The van der Waals surface area contributed by atoms with Crippen molar-refractivity contribution >= 4 is 5.97 Å². The van der Waals surface area contributed by atoms with Crippen molar-refractivity contribution in [2.75, 3.05) is 7.11 Å². The second-order valence-electron chi connectivity index (χ2n) is 2.61. The topological polar surface area (TPSA) is 46.5 Å². The van der Waals surface area contributed by atoms with Gasteiger partial charge in [0.05, 0.1) is 7.11 Å². The second-order valence-corrected chi connectivity index (χ2v) is 2.61. The average molecular weight is 202 g/mol. The second kappa shape index (κ2) is 3.61. The number of hydrogen-bond acceptors (Lipinski definition) is 2. The van der Waals surface area contributed by atoms with Gasteiger partial charge in [-0.15, -0.1) is 0 Å². The van der Waals surface area contributed by atoms with E-state index in [0.717, 1.165) is 12.1 Å². The summed E-state index contributed by atoms with van der Waals surface area (Å²) in [6.07, 6.45) is 0. The van der Waals surface area contributed by atoms with E-state index in [1.54, 1.807) is 0 Å². The number of carboxylic acids is 1. The van der Waals surface area contributed by atoms with Crippen LogP contribution < -0.4 is 4.74 Å². The van der Waals surface area contributed by atoms with Gasteiger partial charge in [0.15, 0.2) is 0 Å². The van der Waals surface area contributed by atoms with Crippen molar-refractivity contribution < 1.29 is 23.4 Å². The van der Waals surface area contributed by atoms with Gasteiger partial charge in [-0.2, -0.15) is 8.78 Å². The summed E-state index contributed by atoms with van der Waals surface area (Å²) in [5.41, 5.74) is -0.564. The fourth-order valence-electron chi connectivity index (χ4n) is 0.924. The Labute approximate surface area is 78.9 Å². The first kappa shape index (κ1) is 10.4. The van der Waals surface area contributed by atoms with E-state index in [-0.39, 0.29) is 0 Å². The molecule has 0 heterocycles. The highest BCUT2D eigenvalue weighted by Crippen LogP contribution is 2.29. The van der Waals surface area contributed by atoms with Crippen LogP contribution in [0.15, 0.2) is 24.3 Å². The summed E-state index contributed by atoms with van der Waals surface area (Å²) >= 11 is 0. The summed E-state index contributed by atoms with van der Waals surface area (Å²) in [6.45, 7) is 0. The molecule has 14 heavy (non-hydrogen) atoms. The number of carboxylic acid groups (broad SMARTS) is 1. The van der Waals surface area contributed by atoms with Gasteiger partial charge >= 0.3 is 11.9 Å². The minimum absolute atomic E-state index is 0.398. The summed E-state index contributed by atoms with van der Waals surface area (Å²) in [5, 5.41) is 8.24. The van der Waals surface area contributed by atoms with E-state index in [0.29, 0.717) is 5.75 Å². The van der Waals surface area contributed by atoms with E-state index in [1.165, 1.54) is 19.2 Å². The Kier molecular flexibility index (Phi) is 2.69. The molecule has 0 saturated carbocycles. The molecule has 1 rings (SSSR count). The van der Waals surface area contributed by atoms with E-state index in [9.17, 15) is 13.6 Å². The van der Waals surface area contributed by atoms with Crippen LogP contribution in [0.4, 0.5) is 8.78 Å². The van der Waals surface area contributed by atoms with Gasteiger partial charge in [0.2, 0.25) is 0 Å². The zero-order chi connectivity index (χ0) is 10.8. The molecule has 1 N–H and O–H groups in total. The fourth-order valence-corrected chi connectivity index (χ4v) is 0.924. The lowest BCUT2D eigenvalue weighted by atomic mass is 10.1. The molecule has 0 spiro atoms. The number of carbonyl (C=O) groups is 1. The molecule has 0 unspecified atom stereocenters. The summed E-state index contributed by atoms with van der Waals surface area (Å²) in [4.78, 5) is 10.2. The van der Waals surface area contributed by atoms with Crippen LogP contribution in [0.5, 0.6) is 5.75 Å². The minimum Gasteiger partial charge on any atom is -0.497 e. The van der Waals surface area contributed by atoms with Crippen molar-refractivity contribution in [1.29, 1.82) is 0 Å². The molecule has 0 aliphatic carbocycles. The number of hydrogen-bond donors (Lipinski definition) is 1. The quantitative estimate of drug-likeness (QED) is 0.813. The number of aliphatic carboxylic acids is 1.